The molecule has 11 nitrogen and oxygen atoms in total. The van der Waals surface area contributed by atoms with Crippen LogP contribution in [0, 0.1) is 0 Å². The molecule has 0 aliphatic rings. The molecule has 0 aliphatic heterocycles. The number of amides is 3. The lowest BCUT2D eigenvalue weighted by Crippen LogP contribution is -2.29. The molecule has 0 saturated heterocycles. The summed E-state index contributed by atoms with van der Waals surface area (Å²) in [5.41, 5.74) is 0. The maximum atomic E-state index is 11.9. The number of nitrogens with one attached hydrogen (secondary N) is 4. The summed E-state index contributed by atoms with van der Waals surface area (Å²) in [5, 5.41) is 11.6. The molecular formula is C33H66N4O7. The van der Waals surface area contributed by atoms with Crippen LogP contribution in [0.3, 0.4) is 0 Å². The van der Waals surface area contributed by atoms with Crippen LogP contribution in [0.1, 0.15) is 110 Å². The average molecular weight is 631 g/mol. The molecule has 44 heavy (non-hydrogen) atoms. The van der Waals surface area contributed by atoms with Gasteiger partial charge in [0.05, 0.1) is 52.9 Å². The molecule has 3 amide bonds. The van der Waals surface area contributed by atoms with Gasteiger partial charge in [0.1, 0.15) is 0 Å². The van der Waals surface area contributed by atoms with Crippen LogP contribution in [0.15, 0.2) is 0 Å². The average Bonchev–Trinajstić information content (AvgIpc) is 3.02. The highest BCUT2D eigenvalue weighted by Crippen LogP contribution is 2.11. The van der Waals surface area contributed by atoms with Crippen LogP contribution in [0.5, 0.6) is 0 Å². The van der Waals surface area contributed by atoms with Crippen LogP contribution in [-0.2, 0) is 33.3 Å². The van der Waals surface area contributed by atoms with Crippen LogP contribution in [0.2, 0.25) is 0 Å². The summed E-state index contributed by atoms with van der Waals surface area (Å²) in [5.74, 6) is 0.0545. The first-order chi connectivity index (χ1) is 21.6. The van der Waals surface area contributed by atoms with Crippen molar-refractivity contribution in [3.05, 3.63) is 0 Å². The van der Waals surface area contributed by atoms with E-state index in [1.807, 2.05) is 7.05 Å². The molecule has 0 aromatic carbocycles. The molecule has 0 aromatic heterocycles. The molecule has 0 spiro atoms. The lowest BCUT2D eigenvalue weighted by atomic mass is 10.1. The van der Waals surface area contributed by atoms with Gasteiger partial charge in [-0.1, -0.05) is 71.1 Å². The summed E-state index contributed by atoms with van der Waals surface area (Å²) in [4.78, 5) is 35.4. The molecule has 11 heteroatoms. The summed E-state index contributed by atoms with van der Waals surface area (Å²) in [6.45, 7) is 7.93. The second kappa shape index (κ2) is 35.7. The fourth-order valence-electron chi connectivity index (χ4n) is 4.40. The fourth-order valence-corrected chi connectivity index (χ4v) is 4.40. The first-order valence-corrected chi connectivity index (χ1v) is 17.4. The smallest absolute Gasteiger partial charge is 0.222 e. The lowest BCUT2D eigenvalue weighted by Gasteiger charge is -2.09. The SMILES string of the molecule is CCCCCCCCCCCCCC(=O)NCCOCCOCCNC(=O)CCOCCOCCNC(=O)CCCCNC. The minimum Gasteiger partial charge on any atom is -0.379 e. The zero-order chi connectivity index (χ0) is 32.2. The zero-order valence-corrected chi connectivity index (χ0v) is 28.2. The van der Waals surface area contributed by atoms with Gasteiger partial charge in [-0.25, -0.2) is 0 Å². The summed E-state index contributed by atoms with van der Waals surface area (Å²) < 4.78 is 21.8. The monoisotopic (exact) mass is 630 g/mol. The molecule has 0 bridgehead atoms. The van der Waals surface area contributed by atoms with Crippen LogP contribution < -0.4 is 21.3 Å². The largest absolute Gasteiger partial charge is 0.379 e. The standard InChI is InChI=1S/C33H66N4O7/c1-3-4-5-6-7-8-9-10-11-12-13-16-31(38)35-20-25-43-29-30-44-26-22-37-33(40)18-23-41-27-28-42-24-21-36-32(39)17-14-15-19-34-2/h34H,3-30H2,1-2H3,(H,35,38)(H,36,39)(H,37,40). The maximum Gasteiger partial charge on any atom is 0.222 e. The Kier molecular flexibility index (Phi) is 34.2. The predicted octanol–water partition coefficient (Wildman–Crippen LogP) is 3.88. The van der Waals surface area contributed by atoms with E-state index in [1.165, 1.54) is 57.8 Å². The molecule has 260 valence electrons. The molecule has 0 saturated carbocycles. The van der Waals surface area contributed by atoms with E-state index >= 15 is 0 Å². The maximum absolute atomic E-state index is 11.9. The highest BCUT2D eigenvalue weighted by molar-refractivity contribution is 5.76. The highest BCUT2D eigenvalue weighted by Gasteiger charge is 2.03. The number of ether oxygens (including phenoxy) is 4. The predicted molar refractivity (Wildman–Crippen MR) is 176 cm³/mol. The van der Waals surface area contributed by atoms with Crippen molar-refractivity contribution in [2.75, 3.05) is 86.1 Å². The Hall–Kier alpha value is -1.79. The van der Waals surface area contributed by atoms with E-state index in [9.17, 15) is 14.4 Å². The summed E-state index contributed by atoms with van der Waals surface area (Å²) >= 11 is 0. The van der Waals surface area contributed by atoms with E-state index in [1.54, 1.807) is 0 Å². The van der Waals surface area contributed by atoms with Gasteiger partial charge in [0, 0.05) is 38.9 Å². The molecule has 0 aromatic rings. The molecule has 0 heterocycles. The number of hydrogen-bond donors (Lipinski definition) is 4. The summed E-state index contributed by atoms with van der Waals surface area (Å²) in [6.07, 6.45) is 17.3. The van der Waals surface area contributed by atoms with Crippen molar-refractivity contribution >= 4 is 17.7 Å². The van der Waals surface area contributed by atoms with E-state index < -0.39 is 0 Å². The fraction of sp³-hybridized carbons (Fsp3) is 0.909. The van der Waals surface area contributed by atoms with Gasteiger partial charge in [-0.3, -0.25) is 14.4 Å². The highest BCUT2D eigenvalue weighted by atomic mass is 16.5. The second-order valence-electron chi connectivity index (χ2n) is 11.1. The Balaban J connectivity index is 3.28. The lowest BCUT2D eigenvalue weighted by molar-refractivity contribution is -0.123. The van der Waals surface area contributed by atoms with Crippen LogP contribution in [0.4, 0.5) is 0 Å². The van der Waals surface area contributed by atoms with E-state index in [4.69, 9.17) is 18.9 Å². The van der Waals surface area contributed by atoms with Gasteiger partial charge in [0.15, 0.2) is 0 Å². The number of rotatable bonds is 35. The summed E-state index contributed by atoms with van der Waals surface area (Å²) in [6, 6.07) is 0. The first kappa shape index (κ1) is 42.2. The normalized spacial score (nSPS) is 11.0. The van der Waals surface area contributed by atoms with Gasteiger partial charge in [0.2, 0.25) is 17.7 Å². The quantitative estimate of drug-likeness (QED) is 0.0775. The molecule has 0 radical (unpaired) electrons. The van der Waals surface area contributed by atoms with Gasteiger partial charge in [-0.2, -0.15) is 0 Å². The minimum absolute atomic E-state index is 0.0487. The second-order valence-corrected chi connectivity index (χ2v) is 11.1. The molecule has 0 unspecified atom stereocenters. The first-order valence-electron chi connectivity index (χ1n) is 17.4. The zero-order valence-electron chi connectivity index (χ0n) is 28.2. The molecule has 4 N–H and O–H groups in total. The van der Waals surface area contributed by atoms with Crippen molar-refractivity contribution < 1.29 is 33.3 Å². The van der Waals surface area contributed by atoms with Gasteiger partial charge < -0.3 is 40.2 Å². The third-order valence-electron chi connectivity index (χ3n) is 7.01. The third kappa shape index (κ3) is 34.7. The molecular weight excluding hydrogens is 564 g/mol. The Morgan fingerprint density at radius 1 is 0.409 bits per heavy atom. The number of hydrogen-bond acceptors (Lipinski definition) is 8. The number of unbranched alkanes of at least 4 members (excludes halogenated alkanes) is 11. The van der Waals surface area contributed by atoms with Crippen molar-refractivity contribution in [3.63, 3.8) is 0 Å². The van der Waals surface area contributed by atoms with Gasteiger partial charge >= 0.3 is 0 Å². The Morgan fingerprint density at radius 3 is 1.20 bits per heavy atom. The van der Waals surface area contributed by atoms with Crippen molar-refractivity contribution in [3.8, 4) is 0 Å². The molecule has 0 fully saturated rings. The van der Waals surface area contributed by atoms with Gasteiger partial charge in [-0.15, -0.1) is 0 Å². The minimum atomic E-state index is -0.0906. The van der Waals surface area contributed by atoms with E-state index in [-0.39, 0.29) is 24.1 Å². The summed E-state index contributed by atoms with van der Waals surface area (Å²) in [7, 11) is 1.90. The molecule has 0 atom stereocenters. The van der Waals surface area contributed by atoms with Crippen molar-refractivity contribution in [2.45, 2.75) is 110 Å². The number of carbonyl (C=O) groups is 3. The van der Waals surface area contributed by atoms with Crippen molar-refractivity contribution in [1.82, 2.24) is 21.3 Å². The molecule has 0 aliphatic carbocycles. The van der Waals surface area contributed by atoms with Gasteiger partial charge in [-0.05, 0) is 32.9 Å². The van der Waals surface area contributed by atoms with Crippen LogP contribution >= 0.6 is 0 Å². The molecule has 0 rings (SSSR count). The topological polar surface area (TPSA) is 136 Å². The number of carbonyl (C=O) groups excluding carboxylic acids is 3. The Labute approximate surface area is 268 Å². The van der Waals surface area contributed by atoms with E-state index in [2.05, 4.69) is 28.2 Å². The van der Waals surface area contributed by atoms with E-state index in [0.717, 1.165) is 32.2 Å². The third-order valence-corrected chi connectivity index (χ3v) is 7.01. The Morgan fingerprint density at radius 2 is 0.773 bits per heavy atom. The Bertz CT molecular complexity index is 656. The van der Waals surface area contributed by atoms with E-state index in [0.29, 0.717) is 85.3 Å². The van der Waals surface area contributed by atoms with Crippen LogP contribution in [-0.4, -0.2) is 104 Å². The van der Waals surface area contributed by atoms with Gasteiger partial charge in [0.25, 0.3) is 0 Å². The van der Waals surface area contributed by atoms with Crippen molar-refractivity contribution in [2.24, 2.45) is 0 Å². The van der Waals surface area contributed by atoms with Crippen molar-refractivity contribution in [1.29, 1.82) is 0 Å². The van der Waals surface area contributed by atoms with Crippen LogP contribution in [0.25, 0.3) is 0 Å².